The number of hydrogen-bond donors (Lipinski definition) is 3. The fourth-order valence-corrected chi connectivity index (χ4v) is 2.52. The fraction of sp³-hybridized carbons (Fsp3) is 0.227. The molecule has 30 heavy (non-hydrogen) atoms. The van der Waals surface area contributed by atoms with E-state index in [0.29, 0.717) is 18.3 Å². The predicted molar refractivity (Wildman–Crippen MR) is 111 cm³/mol. The molecular formula is C22H24F3N3O2. The van der Waals surface area contributed by atoms with Crippen LogP contribution in [0.2, 0.25) is 0 Å². The van der Waals surface area contributed by atoms with Crippen LogP contribution < -0.4 is 21.1 Å². The van der Waals surface area contributed by atoms with Gasteiger partial charge < -0.3 is 21.1 Å². The number of carbonyl (C=O) groups excluding carboxylic acids is 1. The van der Waals surface area contributed by atoms with Crippen molar-refractivity contribution in [2.45, 2.75) is 26.9 Å². The first-order valence-corrected chi connectivity index (χ1v) is 9.10. The van der Waals surface area contributed by atoms with E-state index in [1.165, 1.54) is 6.07 Å². The van der Waals surface area contributed by atoms with Crippen molar-refractivity contribution in [3.63, 3.8) is 0 Å². The maximum atomic E-state index is 14.1. The highest BCUT2D eigenvalue weighted by atomic mass is 19.3. The number of carbonyl (C=O) groups is 1. The molecule has 0 bridgehead atoms. The topological polar surface area (TPSA) is 76.4 Å². The largest absolute Gasteiger partial charge is 0.430 e. The van der Waals surface area contributed by atoms with Gasteiger partial charge in [-0.3, -0.25) is 4.79 Å². The zero-order valence-electron chi connectivity index (χ0n) is 17.1. The van der Waals surface area contributed by atoms with Crippen LogP contribution >= 0.6 is 0 Å². The lowest BCUT2D eigenvalue weighted by Gasteiger charge is -2.15. The predicted octanol–water partition coefficient (Wildman–Crippen LogP) is 4.68. The van der Waals surface area contributed by atoms with Gasteiger partial charge in [0.05, 0.1) is 0 Å². The highest BCUT2D eigenvalue weighted by molar-refractivity contribution is 5.96. The smallest absolute Gasteiger partial charge is 0.395 e. The van der Waals surface area contributed by atoms with Crippen molar-refractivity contribution in [2.24, 2.45) is 0 Å². The third-order valence-corrected chi connectivity index (χ3v) is 4.05. The van der Waals surface area contributed by atoms with Crippen molar-refractivity contribution in [3.05, 3.63) is 76.8 Å². The molecule has 0 spiro atoms. The van der Waals surface area contributed by atoms with Gasteiger partial charge in [0, 0.05) is 36.6 Å². The van der Waals surface area contributed by atoms with Crippen LogP contribution in [-0.2, 0) is 0 Å². The molecule has 0 fully saturated rings. The first kappa shape index (κ1) is 22.9. The monoisotopic (exact) mass is 419 g/mol. The van der Waals surface area contributed by atoms with E-state index >= 15 is 0 Å². The number of ether oxygens (including phenoxy) is 1. The van der Waals surface area contributed by atoms with Gasteiger partial charge in [-0.05, 0) is 55.8 Å². The number of nitrogen functional groups attached to an aromatic ring is 1. The molecule has 2 rings (SSSR count). The molecule has 1 amide bonds. The van der Waals surface area contributed by atoms with E-state index in [9.17, 15) is 18.0 Å². The number of alkyl halides is 2. The number of benzene rings is 2. The van der Waals surface area contributed by atoms with Gasteiger partial charge in [0.1, 0.15) is 0 Å². The van der Waals surface area contributed by atoms with Gasteiger partial charge in [0.25, 0.3) is 5.91 Å². The molecule has 0 saturated carbocycles. The van der Waals surface area contributed by atoms with E-state index in [0.717, 1.165) is 29.0 Å². The number of amides is 1. The Morgan fingerprint density at radius 3 is 2.20 bits per heavy atom. The van der Waals surface area contributed by atoms with Crippen LogP contribution in [0.25, 0.3) is 5.70 Å². The van der Waals surface area contributed by atoms with E-state index in [1.807, 2.05) is 26.0 Å². The number of rotatable bonds is 7. The lowest BCUT2D eigenvalue weighted by Crippen LogP contribution is -2.24. The molecule has 0 atom stereocenters. The standard InChI is InChI=1S/C22H24F3N3O2/c1-13(2)18(12-19(27-4)14-5-8-16(26)9-6-14)28-21(29)15-7-10-20(17(23)11-15)30-22(3,24)25/h5-12,27H,26H2,1-4H3,(H,28,29)/b19-12-. The normalized spacial score (nSPS) is 11.6. The molecule has 0 aromatic heterocycles. The third kappa shape index (κ3) is 6.30. The molecule has 0 unspecified atom stereocenters. The molecule has 0 aliphatic carbocycles. The van der Waals surface area contributed by atoms with Crippen LogP contribution in [0.3, 0.4) is 0 Å². The van der Waals surface area contributed by atoms with Crippen molar-refractivity contribution in [2.75, 3.05) is 12.8 Å². The van der Waals surface area contributed by atoms with Crippen molar-refractivity contribution >= 4 is 17.3 Å². The summed E-state index contributed by atoms with van der Waals surface area (Å²) in [5, 5.41) is 5.78. The van der Waals surface area contributed by atoms with Gasteiger partial charge >= 0.3 is 6.11 Å². The summed E-state index contributed by atoms with van der Waals surface area (Å²) in [6.07, 6.45) is -1.79. The Balaban J connectivity index is 2.27. The van der Waals surface area contributed by atoms with Crippen LogP contribution in [0.4, 0.5) is 18.9 Å². The van der Waals surface area contributed by atoms with Gasteiger partial charge in [0.2, 0.25) is 0 Å². The quantitative estimate of drug-likeness (QED) is 0.450. The molecular weight excluding hydrogens is 395 g/mol. The second-order valence-corrected chi connectivity index (χ2v) is 6.85. The van der Waals surface area contributed by atoms with Crippen molar-refractivity contribution < 1.29 is 22.7 Å². The van der Waals surface area contributed by atoms with Gasteiger partial charge in [-0.15, -0.1) is 0 Å². The van der Waals surface area contributed by atoms with E-state index < -0.39 is 23.6 Å². The maximum absolute atomic E-state index is 14.1. The second kappa shape index (κ2) is 9.39. The summed E-state index contributed by atoms with van der Waals surface area (Å²) in [4.78, 5) is 12.6. The molecule has 8 heteroatoms. The Labute approximate surface area is 173 Å². The number of allylic oxidation sites excluding steroid dienone is 2. The molecule has 2 aromatic rings. The Morgan fingerprint density at radius 2 is 1.70 bits per heavy atom. The molecule has 0 aliphatic rings. The molecule has 5 nitrogen and oxygen atoms in total. The van der Waals surface area contributed by atoms with E-state index in [4.69, 9.17) is 5.73 Å². The molecule has 0 heterocycles. The third-order valence-electron chi connectivity index (χ3n) is 4.05. The molecule has 0 aliphatic heterocycles. The lowest BCUT2D eigenvalue weighted by atomic mass is 10.1. The molecule has 0 radical (unpaired) electrons. The number of anilines is 1. The highest BCUT2D eigenvalue weighted by Crippen LogP contribution is 2.25. The summed E-state index contributed by atoms with van der Waals surface area (Å²) < 4.78 is 44.2. The highest BCUT2D eigenvalue weighted by Gasteiger charge is 2.25. The first-order valence-electron chi connectivity index (χ1n) is 9.10. The number of nitrogens with one attached hydrogen (secondary N) is 2. The zero-order chi connectivity index (χ0) is 22.5. The summed E-state index contributed by atoms with van der Waals surface area (Å²) in [6.45, 7) is 4.12. The molecule has 0 saturated heterocycles. The SMILES string of the molecule is CN/C(=C\C(NC(=O)c1ccc(OC(C)(F)F)c(F)c1)=C(C)C)c1ccc(N)cc1. The summed E-state index contributed by atoms with van der Waals surface area (Å²) in [5.74, 6) is -2.29. The van der Waals surface area contributed by atoms with E-state index in [2.05, 4.69) is 15.4 Å². The second-order valence-electron chi connectivity index (χ2n) is 6.85. The first-order chi connectivity index (χ1) is 14.0. The number of halogens is 3. The number of nitrogens with two attached hydrogens (primary N) is 1. The summed E-state index contributed by atoms with van der Waals surface area (Å²) in [5.41, 5.74) is 9.19. The van der Waals surface area contributed by atoms with Gasteiger partial charge in [-0.1, -0.05) is 17.7 Å². The average molecular weight is 419 g/mol. The van der Waals surface area contributed by atoms with Crippen LogP contribution in [-0.4, -0.2) is 19.1 Å². The van der Waals surface area contributed by atoms with Crippen LogP contribution in [0, 0.1) is 5.82 Å². The van der Waals surface area contributed by atoms with Crippen molar-refractivity contribution in [1.29, 1.82) is 0 Å². The summed E-state index contributed by atoms with van der Waals surface area (Å²) in [7, 11) is 1.74. The minimum absolute atomic E-state index is 0.0371. The maximum Gasteiger partial charge on any atom is 0.395 e. The average Bonchev–Trinajstić information content (AvgIpc) is 2.66. The van der Waals surface area contributed by atoms with Crippen LogP contribution in [0.1, 0.15) is 36.7 Å². The lowest BCUT2D eigenvalue weighted by molar-refractivity contribution is -0.160. The van der Waals surface area contributed by atoms with E-state index in [1.54, 1.807) is 25.3 Å². The van der Waals surface area contributed by atoms with Crippen molar-refractivity contribution in [3.8, 4) is 5.75 Å². The molecule has 160 valence electrons. The molecule has 4 N–H and O–H groups in total. The summed E-state index contributed by atoms with van der Waals surface area (Å²) >= 11 is 0. The van der Waals surface area contributed by atoms with Crippen LogP contribution in [0.15, 0.2) is 59.8 Å². The summed E-state index contributed by atoms with van der Waals surface area (Å²) in [6, 6.07) is 10.2. The minimum Gasteiger partial charge on any atom is -0.430 e. The Morgan fingerprint density at radius 1 is 1.10 bits per heavy atom. The fourth-order valence-electron chi connectivity index (χ4n) is 2.52. The Bertz CT molecular complexity index is 974. The Kier molecular flexibility index (Phi) is 7.15. The van der Waals surface area contributed by atoms with Crippen molar-refractivity contribution in [1.82, 2.24) is 10.6 Å². The van der Waals surface area contributed by atoms with Gasteiger partial charge in [0.15, 0.2) is 11.6 Å². The Hall–Kier alpha value is -3.42. The van der Waals surface area contributed by atoms with Gasteiger partial charge in [-0.2, -0.15) is 8.78 Å². The van der Waals surface area contributed by atoms with E-state index in [-0.39, 0.29) is 5.56 Å². The molecule has 2 aromatic carbocycles. The van der Waals surface area contributed by atoms with Crippen LogP contribution in [0.5, 0.6) is 5.75 Å². The minimum atomic E-state index is -3.53. The van der Waals surface area contributed by atoms with Gasteiger partial charge in [-0.25, -0.2) is 4.39 Å². The number of hydrogen-bond acceptors (Lipinski definition) is 4. The zero-order valence-corrected chi connectivity index (χ0v) is 17.1.